The van der Waals surface area contributed by atoms with Gasteiger partial charge in [-0.15, -0.1) is 25.6 Å². The molecule has 0 radical (unpaired) electrons. The van der Waals surface area contributed by atoms with Crippen molar-refractivity contribution in [1.29, 1.82) is 0 Å². The van der Waals surface area contributed by atoms with Crippen LogP contribution < -0.4 is 10.5 Å². The Morgan fingerprint density at radius 1 is 0.950 bits per heavy atom. The molecule has 0 spiro atoms. The van der Waals surface area contributed by atoms with Gasteiger partial charge in [0.25, 0.3) is 0 Å². The maximum absolute atomic E-state index is 12.3. The molecule has 2 aromatic rings. The first-order chi connectivity index (χ1) is 8.98. The number of halogens is 4. The fourth-order valence-electron chi connectivity index (χ4n) is 1.77. The van der Waals surface area contributed by atoms with Crippen molar-refractivity contribution in [3.05, 3.63) is 54.1 Å². The van der Waals surface area contributed by atoms with Gasteiger partial charge in [0.1, 0.15) is 5.75 Å². The summed E-state index contributed by atoms with van der Waals surface area (Å²) in [7, 11) is 0. The highest BCUT2D eigenvalue weighted by atomic mass is 35.5. The molecule has 2 N–H and O–H groups in total. The van der Waals surface area contributed by atoms with Crippen LogP contribution >= 0.6 is 12.4 Å². The molecule has 0 heterocycles. The van der Waals surface area contributed by atoms with Crippen LogP contribution in [0.1, 0.15) is 5.56 Å². The molecule has 0 fully saturated rings. The average Bonchev–Trinajstić information content (AvgIpc) is 2.37. The molecule has 2 nitrogen and oxygen atoms in total. The van der Waals surface area contributed by atoms with Gasteiger partial charge < -0.3 is 10.5 Å². The molecular weight excluding hydrogens is 291 g/mol. The number of nitrogens with two attached hydrogens (primary N) is 1. The van der Waals surface area contributed by atoms with E-state index in [0.717, 1.165) is 5.56 Å². The second-order valence-electron chi connectivity index (χ2n) is 3.98. The Kier molecular flexibility index (Phi) is 5.42. The van der Waals surface area contributed by atoms with E-state index in [4.69, 9.17) is 5.73 Å². The molecule has 20 heavy (non-hydrogen) atoms. The third-order valence-corrected chi connectivity index (χ3v) is 2.54. The Morgan fingerprint density at radius 3 is 2.15 bits per heavy atom. The first-order valence-electron chi connectivity index (χ1n) is 5.63. The molecule has 0 saturated heterocycles. The Labute approximate surface area is 120 Å². The lowest BCUT2D eigenvalue weighted by Crippen LogP contribution is -2.17. The van der Waals surface area contributed by atoms with Crippen molar-refractivity contribution >= 4 is 12.4 Å². The lowest BCUT2D eigenvalue weighted by molar-refractivity contribution is -0.274. The Hall–Kier alpha value is -1.72. The molecular formula is C14H13ClF3NO. The van der Waals surface area contributed by atoms with Crippen molar-refractivity contribution in [2.24, 2.45) is 5.73 Å². The third-order valence-electron chi connectivity index (χ3n) is 2.54. The van der Waals surface area contributed by atoms with Crippen LogP contribution in [-0.2, 0) is 6.54 Å². The van der Waals surface area contributed by atoms with Crippen LogP contribution in [0.25, 0.3) is 11.1 Å². The van der Waals surface area contributed by atoms with E-state index in [-0.39, 0.29) is 24.7 Å². The Morgan fingerprint density at radius 2 is 1.60 bits per heavy atom. The van der Waals surface area contributed by atoms with Gasteiger partial charge in [0.15, 0.2) is 0 Å². The van der Waals surface area contributed by atoms with Crippen LogP contribution in [0.3, 0.4) is 0 Å². The van der Waals surface area contributed by atoms with Gasteiger partial charge >= 0.3 is 6.36 Å². The average molecular weight is 304 g/mol. The van der Waals surface area contributed by atoms with E-state index in [1.165, 1.54) is 12.1 Å². The minimum atomic E-state index is -4.71. The van der Waals surface area contributed by atoms with Crippen LogP contribution in [0, 0.1) is 0 Å². The maximum atomic E-state index is 12.3. The van der Waals surface area contributed by atoms with Crippen LogP contribution in [0.15, 0.2) is 48.5 Å². The maximum Gasteiger partial charge on any atom is 0.573 e. The van der Waals surface area contributed by atoms with E-state index < -0.39 is 6.36 Å². The summed E-state index contributed by atoms with van der Waals surface area (Å²) in [6, 6.07) is 13.5. The number of rotatable bonds is 3. The number of alkyl halides is 3. The summed E-state index contributed by atoms with van der Waals surface area (Å²) in [4.78, 5) is 0. The Balaban J connectivity index is 0.00000200. The fraction of sp³-hybridized carbons (Fsp3) is 0.143. The van der Waals surface area contributed by atoms with E-state index in [1.807, 2.05) is 30.3 Å². The monoisotopic (exact) mass is 303 g/mol. The zero-order chi connectivity index (χ0) is 13.9. The van der Waals surface area contributed by atoms with Crippen LogP contribution in [0.4, 0.5) is 13.2 Å². The lowest BCUT2D eigenvalue weighted by atomic mass is 10.0. The van der Waals surface area contributed by atoms with E-state index in [2.05, 4.69) is 4.74 Å². The molecule has 0 atom stereocenters. The van der Waals surface area contributed by atoms with Crippen LogP contribution in [-0.4, -0.2) is 6.36 Å². The summed E-state index contributed by atoms with van der Waals surface area (Å²) >= 11 is 0. The van der Waals surface area contributed by atoms with E-state index in [1.54, 1.807) is 6.07 Å². The summed E-state index contributed by atoms with van der Waals surface area (Å²) in [5, 5.41) is 0. The number of hydrogen-bond acceptors (Lipinski definition) is 2. The Bertz CT molecular complexity index is 558. The van der Waals surface area contributed by atoms with E-state index in [9.17, 15) is 13.2 Å². The second-order valence-corrected chi connectivity index (χ2v) is 3.98. The predicted molar refractivity (Wildman–Crippen MR) is 73.7 cm³/mol. The molecule has 0 aliphatic rings. The first-order valence-corrected chi connectivity index (χ1v) is 5.63. The first kappa shape index (κ1) is 16.3. The molecule has 2 aromatic carbocycles. The van der Waals surface area contributed by atoms with Crippen molar-refractivity contribution < 1.29 is 17.9 Å². The number of ether oxygens (including phenoxy) is 1. The fourth-order valence-corrected chi connectivity index (χ4v) is 1.77. The lowest BCUT2D eigenvalue weighted by Gasteiger charge is -2.12. The van der Waals surface area contributed by atoms with Crippen molar-refractivity contribution in [3.8, 4) is 16.9 Å². The summed E-state index contributed by atoms with van der Waals surface area (Å²) in [5.74, 6) is -0.255. The molecule has 108 valence electrons. The molecule has 0 aliphatic carbocycles. The van der Waals surface area contributed by atoms with Gasteiger partial charge in [0.05, 0.1) is 0 Å². The molecule has 0 saturated carbocycles. The van der Waals surface area contributed by atoms with Gasteiger partial charge in [0, 0.05) is 6.54 Å². The van der Waals surface area contributed by atoms with E-state index in [0.29, 0.717) is 11.1 Å². The minimum Gasteiger partial charge on any atom is -0.406 e. The van der Waals surface area contributed by atoms with Crippen molar-refractivity contribution in [2.45, 2.75) is 12.9 Å². The molecule has 0 unspecified atom stereocenters. The normalized spacial score (nSPS) is 10.8. The molecule has 0 aliphatic heterocycles. The van der Waals surface area contributed by atoms with Gasteiger partial charge in [-0.25, -0.2) is 0 Å². The predicted octanol–water partition coefficient (Wildman–Crippen LogP) is 4.13. The second kappa shape index (κ2) is 6.63. The van der Waals surface area contributed by atoms with Gasteiger partial charge in [-0.1, -0.05) is 30.3 Å². The van der Waals surface area contributed by atoms with Crippen LogP contribution in [0.5, 0.6) is 5.75 Å². The van der Waals surface area contributed by atoms with Crippen molar-refractivity contribution in [3.63, 3.8) is 0 Å². The molecule has 0 aromatic heterocycles. The van der Waals surface area contributed by atoms with Crippen molar-refractivity contribution in [2.75, 3.05) is 0 Å². The highest BCUT2D eigenvalue weighted by molar-refractivity contribution is 5.85. The molecule has 6 heteroatoms. The van der Waals surface area contributed by atoms with Crippen molar-refractivity contribution in [1.82, 2.24) is 0 Å². The zero-order valence-corrected chi connectivity index (χ0v) is 11.2. The summed E-state index contributed by atoms with van der Waals surface area (Å²) in [6.07, 6.45) is -4.71. The SMILES string of the molecule is Cl.NCc1cc(OC(F)(F)F)cc(-c2ccccc2)c1. The third kappa shape index (κ3) is 4.43. The minimum absolute atomic E-state index is 0. The van der Waals surface area contributed by atoms with Gasteiger partial charge in [-0.3, -0.25) is 0 Å². The zero-order valence-electron chi connectivity index (χ0n) is 10.4. The summed E-state index contributed by atoms with van der Waals surface area (Å²) < 4.78 is 40.7. The standard InChI is InChI=1S/C14H12F3NO.ClH/c15-14(16,17)19-13-7-10(9-18)6-12(8-13)11-4-2-1-3-5-11;/h1-8H,9,18H2;1H. The van der Waals surface area contributed by atoms with Gasteiger partial charge in [-0.2, -0.15) is 0 Å². The molecule has 2 rings (SSSR count). The number of hydrogen-bond donors (Lipinski definition) is 1. The highest BCUT2D eigenvalue weighted by Crippen LogP contribution is 2.29. The van der Waals surface area contributed by atoms with Crippen LogP contribution in [0.2, 0.25) is 0 Å². The topological polar surface area (TPSA) is 35.2 Å². The molecule has 0 amide bonds. The quantitative estimate of drug-likeness (QED) is 0.925. The highest BCUT2D eigenvalue weighted by Gasteiger charge is 2.31. The summed E-state index contributed by atoms with van der Waals surface area (Å²) in [5.41, 5.74) is 7.53. The smallest absolute Gasteiger partial charge is 0.406 e. The summed E-state index contributed by atoms with van der Waals surface area (Å²) in [6.45, 7) is 0.148. The van der Waals surface area contributed by atoms with Gasteiger partial charge in [-0.05, 0) is 34.9 Å². The molecule has 0 bridgehead atoms. The van der Waals surface area contributed by atoms with Gasteiger partial charge in [0.2, 0.25) is 0 Å². The number of benzene rings is 2. The van der Waals surface area contributed by atoms with E-state index >= 15 is 0 Å². The largest absolute Gasteiger partial charge is 0.573 e.